The number of hydrogen-bond acceptors (Lipinski definition) is 0. The third kappa shape index (κ3) is 3.12. The maximum absolute atomic E-state index is 2.45. The number of hydrogen-bond donors (Lipinski definition) is 0. The van der Waals surface area contributed by atoms with Crippen molar-refractivity contribution in [3.8, 4) is 22.3 Å². The van der Waals surface area contributed by atoms with E-state index in [9.17, 15) is 0 Å². The fourth-order valence-electron chi connectivity index (χ4n) is 4.65. The lowest BCUT2D eigenvalue weighted by atomic mass is 9.91. The van der Waals surface area contributed by atoms with E-state index in [0.717, 1.165) is 0 Å². The van der Waals surface area contributed by atoms with E-state index in [-0.39, 0.29) is 0 Å². The van der Waals surface area contributed by atoms with Crippen molar-refractivity contribution in [2.75, 3.05) is 0 Å². The molecule has 0 N–H and O–H groups in total. The van der Waals surface area contributed by atoms with Gasteiger partial charge in [-0.2, -0.15) is 0 Å². The number of fused-ring (bicyclic) bond motifs is 3. The average molecular weight is 506 g/mol. The molecule has 0 amide bonds. The van der Waals surface area contributed by atoms with Gasteiger partial charge in [0.25, 0.3) is 0 Å². The van der Waals surface area contributed by atoms with E-state index in [1.807, 2.05) is 0 Å². The summed E-state index contributed by atoms with van der Waals surface area (Å²) >= 11 is 2.45. The fraction of sp³-hybridized carbons (Fsp3) is 0. The van der Waals surface area contributed by atoms with E-state index in [1.165, 1.54) is 58.1 Å². The number of halogens is 1. The Bertz CT molecular complexity index is 1580. The molecule has 0 aliphatic carbocycles. The number of benzene rings is 6. The van der Waals surface area contributed by atoms with Crippen molar-refractivity contribution in [3.05, 3.63) is 119 Å². The first-order valence-corrected chi connectivity index (χ1v) is 11.6. The zero-order valence-electron chi connectivity index (χ0n) is 16.8. The molecule has 0 bridgehead atoms. The Labute approximate surface area is 195 Å². The molecule has 0 atom stereocenters. The van der Waals surface area contributed by atoms with Crippen LogP contribution in [-0.2, 0) is 0 Å². The van der Waals surface area contributed by atoms with Crippen molar-refractivity contribution in [1.82, 2.24) is 0 Å². The van der Waals surface area contributed by atoms with Crippen LogP contribution >= 0.6 is 22.6 Å². The summed E-state index contributed by atoms with van der Waals surface area (Å²) in [6, 6.07) is 41.9. The van der Waals surface area contributed by atoms with E-state index in [1.54, 1.807) is 0 Å². The lowest BCUT2D eigenvalue weighted by Crippen LogP contribution is -1.88. The van der Waals surface area contributed by atoms with Gasteiger partial charge in [0.15, 0.2) is 0 Å². The van der Waals surface area contributed by atoms with Crippen molar-refractivity contribution >= 4 is 54.9 Å². The second-order valence-corrected chi connectivity index (χ2v) is 9.07. The minimum Gasteiger partial charge on any atom is -0.0616 e. The lowest BCUT2D eigenvalue weighted by molar-refractivity contribution is 1.64. The van der Waals surface area contributed by atoms with Crippen LogP contribution in [0.3, 0.4) is 0 Å². The highest BCUT2D eigenvalue weighted by molar-refractivity contribution is 14.1. The zero-order valence-corrected chi connectivity index (χ0v) is 19.0. The van der Waals surface area contributed by atoms with E-state index in [4.69, 9.17) is 0 Å². The van der Waals surface area contributed by atoms with Crippen LogP contribution in [0.1, 0.15) is 0 Å². The molecular formula is C30H19I. The largest absolute Gasteiger partial charge is 0.0616 e. The molecular weight excluding hydrogens is 487 g/mol. The number of rotatable bonds is 2. The fourth-order valence-corrected chi connectivity index (χ4v) is 5.30. The normalized spacial score (nSPS) is 11.4. The van der Waals surface area contributed by atoms with Crippen LogP contribution in [0.4, 0.5) is 0 Å². The van der Waals surface area contributed by atoms with Gasteiger partial charge < -0.3 is 0 Å². The third-order valence-corrected chi connectivity index (χ3v) is 7.08. The minimum absolute atomic E-state index is 1.26. The zero-order chi connectivity index (χ0) is 20.8. The molecule has 0 aliphatic rings. The molecule has 0 saturated heterocycles. The molecule has 0 aromatic heterocycles. The second kappa shape index (κ2) is 7.51. The van der Waals surface area contributed by atoms with Gasteiger partial charge in [-0.1, -0.05) is 103 Å². The Morgan fingerprint density at radius 3 is 1.71 bits per heavy atom. The Kier molecular flexibility index (Phi) is 4.50. The summed E-state index contributed by atoms with van der Waals surface area (Å²) in [5.74, 6) is 0. The van der Waals surface area contributed by atoms with Crippen molar-refractivity contribution in [2.45, 2.75) is 0 Å². The van der Waals surface area contributed by atoms with Crippen LogP contribution in [0.5, 0.6) is 0 Å². The van der Waals surface area contributed by atoms with E-state index in [2.05, 4.69) is 138 Å². The quantitative estimate of drug-likeness (QED) is 0.206. The van der Waals surface area contributed by atoms with Gasteiger partial charge in [0.05, 0.1) is 0 Å². The molecule has 0 fully saturated rings. The minimum atomic E-state index is 1.26. The Hall–Kier alpha value is -3.17. The van der Waals surface area contributed by atoms with Crippen LogP contribution in [0.15, 0.2) is 115 Å². The SMILES string of the molecule is Ic1ccc(-c2cccc3ccccc23)c2cc(-c3cccc4ccccc34)ccc12. The second-order valence-electron chi connectivity index (χ2n) is 7.91. The van der Waals surface area contributed by atoms with Crippen LogP contribution in [0.25, 0.3) is 54.6 Å². The molecule has 0 spiro atoms. The van der Waals surface area contributed by atoms with Gasteiger partial charge in [-0.3, -0.25) is 0 Å². The molecule has 6 rings (SSSR count). The molecule has 0 aliphatic heterocycles. The van der Waals surface area contributed by atoms with Gasteiger partial charge in [0.1, 0.15) is 0 Å². The highest BCUT2D eigenvalue weighted by Crippen LogP contribution is 2.38. The first kappa shape index (κ1) is 18.6. The Morgan fingerprint density at radius 1 is 0.387 bits per heavy atom. The summed E-state index contributed by atoms with van der Waals surface area (Å²) in [5, 5.41) is 7.74. The highest BCUT2D eigenvalue weighted by Gasteiger charge is 2.12. The molecule has 0 nitrogen and oxygen atoms in total. The smallest absolute Gasteiger partial charge is 0.0209 e. The molecule has 146 valence electrons. The summed E-state index contributed by atoms with van der Waals surface area (Å²) in [6.07, 6.45) is 0. The molecule has 31 heavy (non-hydrogen) atoms. The predicted octanol–water partition coefficient (Wildman–Crippen LogP) is 9.08. The maximum Gasteiger partial charge on any atom is 0.0209 e. The maximum atomic E-state index is 2.45. The molecule has 0 unspecified atom stereocenters. The van der Waals surface area contributed by atoms with Crippen LogP contribution in [0.2, 0.25) is 0 Å². The van der Waals surface area contributed by atoms with Gasteiger partial charge in [-0.25, -0.2) is 0 Å². The van der Waals surface area contributed by atoms with Gasteiger partial charge in [0, 0.05) is 3.57 Å². The predicted molar refractivity (Wildman–Crippen MR) is 143 cm³/mol. The van der Waals surface area contributed by atoms with E-state index < -0.39 is 0 Å². The average Bonchev–Trinajstić information content (AvgIpc) is 2.83. The highest BCUT2D eigenvalue weighted by atomic mass is 127. The molecule has 6 aromatic rings. The summed E-state index contributed by atoms with van der Waals surface area (Å²) in [6.45, 7) is 0. The van der Waals surface area contributed by atoms with Crippen LogP contribution in [-0.4, -0.2) is 0 Å². The first-order valence-electron chi connectivity index (χ1n) is 10.5. The van der Waals surface area contributed by atoms with Crippen LogP contribution < -0.4 is 0 Å². The molecule has 1 heteroatoms. The van der Waals surface area contributed by atoms with E-state index >= 15 is 0 Å². The Morgan fingerprint density at radius 2 is 0.968 bits per heavy atom. The summed E-state index contributed by atoms with van der Waals surface area (Å²) in [7, 11) is 0. The van der Waals surface area contributed by atoms with Gasteiger partial charge in [-0.05, 0) is 89.3 Å². The lowest BCUT2D eigenvalue weighted by Gasteiger charge is -2.14. The molecule has 6 aromatic carbocycles. The van der Waals surface area contributed by atoms with Crippen molar-refractivity contribution in [2.24, 2.45) is 0 Å². The van der Waals surface area contributed by atoms with Crippen LogP contribution in [0, 0.1) is 3.57 Å². The van der Waals surface area contributed by atoms with Crippen molar-refractivity contribution < 1.29 is 0 Å². The van der Waals surface area contributed by atoms with Gasteiger partial charge in [0.2, 0.25) is 0 Å². The van der Waals surface area contributed by atoms with Crippen molar-refractivity contribution in [1.29, 1.82) is 0 Å². The van der Waals surface area contributed by atoms with Gasteiger partial charge in [-0.15, -0.1) is 0 Å². The van der Waals surface area contributed by atoms with Crippen molar-refractivity contribution in [3.63, 3.8) is 0 Å². The third-order valence-electron chi connectivity index (χ3n) is 6.14. The topological polar surface area (TPSA) is 0 Å². The molecule has 0 saturated carbocycles. The first-order chi connectivity index (χ1) is 15.3. The molecule has 0 radical (unpaired) electrons. The summed E-state index contributed by atoms with van der Waals surface area (Å²) < 4.78 is 1.28. The Balaban J connectivity index is 1.66. The van der Waals surface area contributed by atoms with Gasteiger partial charge >= 0.3 is 0 Å². The molecule has 0 heterocycles. The monoisotopic (exact) mass is 506 g/mol. The summed E-state index contributed by atoms with van der Waals surface area (Å²) in [5.41, 5.74) is 5.11. The summed E-state index contributed by atoms with van der Waals surface area (Å²) in [4.78, 5) is 0. The van der Waals surface area contributed by atoms with E-state index in [0.29, 0.717) is 0 Å². The standard InChI is InChI=1S/C30H19I/c31-30-18-17-27(26-14-6-10-21-8-2-4-12-24(21)26)29-19-22(15-16-28(29)30)25-13-5-9-20-7-1-3-11-23(20)25/h1-19H.